The molecule has 0 aliphatic rings. The zero-order valence-corrected chi connectivity index (χ0v) is 18.3. The van der Waals surface area contributed by atoms with E-state index < -0.39 is 6.04 Å². The summed E-state index contributed by atoms with van der Waals surface area (Å²) in [6.45, 7) is 7.01. The van der Waals surface area contributed by atoms with Gasteiger partial charge in [0.05, 0.1) is 13.7 Å². The van der Waals surface area contributed by atoms with Gasteiger partial charge in [0.2, 0.25) is 11.8 Å². The van der Waals surface area contributed by atoms with Crippen molar-refractivity contribution in [2.75, 3.05) is 20.3 Å². The summed E-state index contributed by atoms with van der Waals surface area (Å²) >= 11 is 0. The Morgan fingerprint density at radius 2 is 1.80 bits per heavy atom. The fraction of sp³-hybridized carbons (Fsp3) is 0.417. The molecule has 0 aliphatic carbocycles. The van der Waals surface area contributed by atoms with Gasteiger partial charge >= 0.3 is 0 Å². The SMILES string of the molecule is CCNC(=O)C(C)N(Cc1cccc(C)c1)C(=O)CCCOc1ccc(OC)cc1. The second kappa shape index (κ2) is 11.9. The highest BCUT2D eigenvalue weighted by molar-refractivity contribution is 5.87. The first-order chi connectivity index (χ1) is 14.4. The molecule has 1 N–H and O–H groups in total. The van der Waals surface area contributed by atoms with E-state index >= 15 is 0 Å². The van der Waals surface area contributed by atoms with Gasteiger partial charge in [-0.25, -0.2) is 0 Å². The van der Waals surface area contributed by atoms with Crippen molar-refractivity contribution in [3.8, 4) is 11.5 Å². The number of nitrogens with one attached hydrogen (secondary N) is 1. The molecule has 2 rings (SSSR count). The highest BCUT2D eigenvalue weighted by Crippen LogP contribution is 2.18. The Balaban J connectivity index is 1.95. The number of ether oxygens (including phenoxy) is 2. The number of hydrogen-bond acceptors (Lipinski definition) is 4. The average molecular weight is 413 g/mol. The summed E-state index contributed by atoms with van der Waals surface area (Å²) in [5.41, 5.74) is 2.13. The molecule has 1 atom stereocenters. The fourth-order valence-electron chi connectivity index (χ4n) is 3.14. The Kier molecular flexibility index (Phi) is 9.19. The van der Waals surface area contributed by atoms with Gasteiger partial charge in [-0.2, -0.15) is 0 Å². The fourth-order valence-corrected chi connectivity index (χ4v) is 3.14. The summed E-state index contributed by atoms with van der Waals surface area (Å²) in [6, 6.07) is 14.8. The van der Waals surface area contributed by atoms with E-state index in [-0.39, 0.29) is 11.8 Å². The number of likely N-dealkylation sites (N-methyl/N-ethyl adjacent to an activating group) is 1. The monoisotopic (exact) mass is 412 g/mol. The van der Waals surface area contributed by atoms with Gasteiger partial charge in [0.25, 0.3) is 0 Å². The molecule has 0 saturated heterocycles. The van der Waals surface area contributed by atoms with Crippen molar-refractivity contribution >= 4 is 11.8 Å². The zero-order valence-electron chi connectivity index (χ0n) is 18.3. The van der Waals surface area contributed by atoms with Crippen LogP contribution in [0.2, 0.25) is 0 Å². The Morgan fingerprint density at radius 1 is 1.10 bits per heavy atom. The Morgan fingerprint density at radius 3 is 2.43 bits per heavy atom. The average Bonchev–Trinajstić information content (AvgIpc) is 2.75. The van der Waals surface area contributed by atoms with Crippen LogP contribution < -0.4 is 14.8 Å². The molecule has 0 bridgehead atoms. The van der Waals surface area contributed by atoms with E-state index in [4.69, 9.17) is 9.47 Å². The number of benzene rings is 2. The van der Waals surface area contributed by atoms with Gasteiger partial charge in [-0.05, 0) is 57.0 Å². The molecule has 2 amide bonds. The molecule has 2 aromatic carbocycles. The van der Waals surface area contributed by atoms with Crippen LogP contribution in [0, 0.1) is 6.92 Å². The Hall–Kier alpha value is -3.02. The van der Waals surface area contributed by atoms with Gasteiger partial charge in [-0.3, -0.25) is 9.59 Å². The van der Waals surface area contributed by atoms with Crippen LogP contribution in [0.3, 0.4) is 0 Å². The number of carbonyl (C=O) groups is 2. The maximum Gasteiger partial charge on any atom is 0.242 e. The molecule has 2 aromatic rings. The maximum absolute atomic E-state index is 13.0. The number of rotatable bonds is 11. The lowest BCUT2D eigenvalue weighted by Gasteiger charge is -2.29. The molecule has 30 heavy (non-hydrogen) atoms. The number of carbonyl (C=O) groups excluding carboxylic acids is 2. The van der Waals surface area contributed by atoms with E-state index in [1.165, 1.54) is 0 Å². The van der Waals surface area contributed by atoms with E-state index in [9.17, 15) is 9.59 Å². The van der Waals surface area contributed by atoms with Crippen molar-refractivity contribution in [3.63, 3.8) is 0 Å². The largest absolute Gasteiger partial charge is 0.497 e. The number of amides is 2. The zero-order chi connectivity index (χ0) is 21.9. The summed E-state index contributed by atoms with van der Waals surface area (Å²) in [5, 5.41) is 2.81. The van der Waals surface area contributed by atoms with Crippen molar-refractivity contribution < 1.29 is 19.1 Å². The predicted molar refractivity (Wildman–Crippen MR) is 118 cm³/mol. The molecule has 1 unspecified atom stereocenters. The molecule has 6 nitrogen and oxygen atoms in total. The summed E-state index contributed by atoms with van der Waals surface area (Å²) < 4.78 is 10.8. The molecular weight excluding hydrogens is 380 g/mol. The second-order valence-electron chi connectivity index (χ2n) is 7.21. The molecule has 0 spiro atoms. The Labute approximate surface area is 179 Å². The van der Waals surface area contributed by atoms with Gasteiger partial charge in [-0.15, -0.1) is 0 Å². The van der Waals surface area contributed by atoms with Crippen LogP contribution in [-0.2, 0) is 16.1 Å². The third kappa shape index (κ3) is 7.10. The lowest BCUT2D eigenvalue weighted by Crippen LogP contribution is -2.47. The van der Waals surface area contributed by atoms with Crippen LogP contribution in [0.5, 0.6) is 11.5 Å². The molecule has 0 saturated carbocycles. The molecule has 0 radical (unpaired) electrons. The van der Waals surface area contributed by atoms with Gasteiger partial charge in [0.15, 0.2) is 0 Å². The second-order valence-corrected chi connectivity index (χ2v) is 7.21. The lowest BCUT2D eigenvalue weighted by molar-refractivity contribution is -0.140. The van der Waals surface area contributed by atoms with Gasteiger partial charge in [0.1, 0.15) is 17.5 Å². The number of nitrogens with zero attached hydrogens (tertiary/aromatic N) is 1. The van der Waals surface area contributed by atoms with Crippen LogP contribution in [0.1, 0.15) is 37.8 Å². The van der Waals surface area contributed by atoms with E-state index in [1.807, 2.05) is 62.4 Å². The first-order valence-corrected chi connectivity index (χ1v) is 10.3. The Bertz CT molecular complexity index is 820. The van der Waals surface area contributed by atoms with Crippen LogP contribution in [0.4, 0.5) is 0 Å². The molecule has 162 valence electrons. The first kappa shape index (κ1) is 23.3. The smallest absolute Gasteiger partial charge is 0.242 e. The van der Waals surface area contributed by atoms with E-state index in [0.29, 0.717) is 32.5 Å². The maximum atomic E-state index is 13.0. The standard InChI is InChI=1S/C24H32N2O4/c1-5-25-24(28)19(3)26(17-20-9-6-8-18(2)16-20)23(27)10-7-15-30-22-13-11-21(29-4)12-14-22/h6,8-9,11-14,16,19H,5,7,10,15,17H2,1-4H3,(H,25,28). The van der Waals surface area contributed by atoms with Crippen LogP contribution >= 0.6 is 0 Å². The number of aryl methyl sites for hydroxylation is 1. The first-order valence-electron chi connectivity index (χ1n) is 10.3. The van der Waals surface area contributed by atoms with Gasteiger partial charge in [0, 0.05) is 19.5 Å². The third-order valence-corrected chi connectivity index (χ3v) is 4.82. The van der Waals surface area contributed by atoms with Gasteiger partial charge < -0.3 is 19.7 Å². The van der Waals surface area contributed by atoms with E-state index in [2.05, 4.69) is 5.32 Å². The van der Waals surface area contributed by atoms with Crippen LogP contribution in [0.25, 0.3) is 0 Å². The quantitative estimate of drug-likeness (QED) is 0.571. The number of methoxy groups -OCH3 is 1. The highest BCUT2D eigenvalue weighted by atomic mass is 16.5. The molecule has 0 fully saturated rings. The van der Waals surface area contributed by atoms with Gasteiger partial charge in [-0.1, -0.05) is 29.8 Å². The summed E-state index contributed by atoms with van der Waals surface area (Å²) in [6.07, 6.45) is 0.878. The number of hydrogen-bond donors (Lipinski definition) is 1. The minimum absolute atomic E-state index is 0.0615. The summed E-state index contributed by atoms with van der Waals surface area (Å²) in [5.74, 6) is 1.29. The summed E-state index contributed by atoms with van der Waals surface area (Å²) in [7, 11) is 1.62. The topological polar surface area (TPSA) is 67.9 Å². The highest BCUT2D eigenvalue weighted by Gasteiger charge is 2.25. The van der Waals surface area contributed by atoms with Crippen molar-refractivity contribution in [3.05, 3.63) is 59.7 Å². The van der Waals surface area contributed by atoms with Crippen molar-refractivity contribution in [2.45, 2.75) is 46.2 Å². The molecule has 0 heterocycles. The minimum atomic E-state index is -0.541. The van der Waals surface area contributed by atoms with Crippen LogP contribution in [-0.4, -0.2) is 43.0 Å². The third-order valence-electron chi connectivity index (χ3n) is 4.82. The normalized spacial score (nSPS) is 11.5. The van der Waals surface area contributed by atoms with Crippen molar-refractivity contribution in [1.82, 2.24) is 10.2 Å². The molecule has 0 aliphatic heterocycles. The van der Waals surface area contributed by atoms with Crippen molar-refractivity contribution in [2.24, 2.45) is 0 Å². The predicted octanol–water partition coefficient (Wildman–Crippen LogP) is 3.72. The molecule has 0 aromatic heterocycles. The minimum Gasteiger partial charge on any atom is -0.497 e. The summed E-state index contributed by atoms with van der Waals surface area (Å²) in [4.78, 5) is 27.0. The lowest BCUT2D eigenvalue weighted by atomic mass is 10.1. The molecular formula is C24H32N2O4. The molecule has 6 heteroatoms. The van der Waals surface area contributed by atoms with Crippen LogP contribution in [0.15, 0.2) is 48.5 Å². The van der Waals surface area contributed by atoms with Crippen molar-refractivity contribution in [1.29, 1.82) is 0 Å². The van der Waals surface area contributed by atoms with E-state index in [0.717, 1.165) is 22.6 Å². The van der Waals surface area contributed by atoms with E-state index in [1.54, 1.807) is 18.9 Å².